The zero-order valence-corrected chi connectivity index (χ0v) is 12.8. The van der Waals surface area contributed by atoms with Crippen LogP contribution in [0.5, 0.6) is 5.75 Å². The first-order chi connectivity index (χ1) is 10.1. The van der Waals surface area contributed by atoms with Gasteiger partial charge in [-0.15, -0.1) is 0 Å². The van der Waals surface area contributed by atoms with E-state index in [1.165, 1.54) is 0 Å². The van der Waals surface area contributed by atoms with E-state index >= 15 is 0 Å². The van der Waals surface area contributed by atoms with Gasteiger partial charge in [-0.3, -0.25) is 4.79 Å². The number of benzene rings is 1. The van der Waals surface area contributed by atoms with Gasteiger partial charge >= 0.3 is 0 Å². The van der Waals surface area contributed by atoms with E-state index in [1.807, 2.05) is 24.3 Å². The fourth-order valence-electron chi connectivity index (χ4n) is 2.40. The van der Waals surface area contributed by atoms with Crippen molar-refractivity contribution < 1.29 is 9.53 Å². The van der Waals surface area contributed by atoms with E-state index in [0.717, 1.165) is 11.8 Å². The molecule has 1 aliphatic rings. The lowest BCUT2D eigenvalue weighted by Gasteiger charge is -2.22. The standard InChI is InChI=1S/C16H17ClN2O2/c1-19-16(11-5-3-4-6-13(11)21-2)14-12(18)8-7-10(9-20)15(14)17/h3-6,9,18-19H,7-8H2,1-2H3/b16-14+,18-12?. The predicted molar refractivity (Wildman–Crippen MR) is 84.9 cm³/mol. The van der Waals surface area contributed by atoms with Crippen molar-refractivity contribution in [2.45, 2.75) is 12.8 Å². The van der Waals surface area contributed by atoms with Crippen molar-refractivity contribution in [3.63, 3.8) is 0 Å². The van der Waals surface area contributed by atoms with E-state index in [4.69, 9.17) is 21.7 Å². The van der Waals surface area contributed by atoms with Gasteiger partial charge in [0.25, 0.3) is 0 Å². The highest BCUT2D eigenvalue weighted by atomic mass is 35.5. The zero-order valence-electron chi connectivity index (χ0n) is 12.0. The first-order valence-electron chi connectivity index (χ1n) is 6.61. The van der Waals surface area contributed by atoms with Crippen LogP contribution in [0.25, 0.3) is 5.70 Å². The van der Waals surface area contributed by atoms with E-state index < -0.39 is 0 Å². The van der Waals surface area contributed by atoms with Crippen LogP contribution in [0.1, 0.15) is 18.4 Å². The molecule has 21 heavy (non-hydrogen) atoms. The summed E-state index contributed by atoms with van der Waals surface area (Å²) in [7, 11) is 3.36. The largest absolute Gasteiger partial charge is 0.496 e. The van der Waals surface area contributed by atoms with Crippen molar-refractivity contribution in [1.29, 1.82) is 5.41 Å². The number of carbonyl (C=O) groups excluding carboxylic acids is 1. The van der Waals surface area contributed by atoms with Crippen LogP contribution >= 0.6 is 11.6 Å². The molecule has 4 nitrogen and oxygen atoms in total. The topological polar surface area (TPSA) is 62.2 Å². The van der Waals surface area contributed by atoms with E-state index in [2.05, 4.69) is 5.32 Å². The highest BCUT2D eigenvalue weighted by Gasteiger charge is 2.25. The lowest BCUT2D eigenvalue weighted by Crippen LogP contribution is -2.18. The fourth-order valence-corrected chi connectivity index (χ4v) is 2.75. The molecule has 5 heteroatoms. The quantitative estimate of drug-likeness (QED) is 0.840. The summed E-state index contributed by atoms with van der Waals surface area (Å²) >= 11 is 6.33. The van der Waals surface area contributed by atoms with Crippen LogP contribution in [0, 0.1) is 5.41 Å². The second-order valence-corrected chi connectivity index (χ2v) is 5.01. The molecule has 1 aliphatic carbocycles. The number of rotatable bonds is 4. The summed E-state index contributed by atoms with van der Waals surface area (Å²) < 4.78 is 5.37. The number of aldehydes is 1. The number of carbonyl (C=O) groups is 1. The third-order valence-corrected chi connectivity index (χ3v) is 3.90. The highest BCUT2D eigenvalue weighted by Crippen LogP contribution is 2.36. The monoisotopic (exact) mass is 304 g/mol. The number of hydrogen-bond donors (Lipinski definition) is 2. The summed E-state index contributed by atoms with van der Waals surface area (Å²) in [4.78, 5) is 11.1. The molecule has 0 radical (unpaired) electrons. The summed E-state index contributed by atoms with van der Waals surface area (Å²) in [5.74, 6) is 0.685. The van der Waals surface area contributed by atoms with Crippen molar-refractivity contribution >= 4 is 29.3 Å². The van der Waals surface area contributed by atoms with E-state index in [9.17, 15) is 4.79 Å². The number of halogens is 1. The maximum atomic E-state index is 11.1. The Morgan fingerprint density at radius 3 is 2.71 bits per heavy atom. The Kier molecular flexibility index (Phi) is 4.81. The summed E-state index contributed by atoms with van der Waals surface area (Å²) in [6.45, 7) is 0. The van der Waals surface area contributed by atoms with Crippen LogP contribution in [-0.2, 0) is 4.79 Å². The van der Waals surface area contributed by atoms with Gasteiger partial charge in [0.15, 0.2) is 0 Å². The van der Waals surface area contributed by atoms with Crippen LogP contribution in [0.3, 0.4) is 0 Å². The Morgan fingerprint density at radius 2 is 2.10 bits per heavy atom. The molecule has 0 saturated heterocycles. The van der Waals surface area contributed by atoms with E-state index in [-0.39, 0.29) is 0 Å². The molecule has 0 saturated carbocycles. The third kappa shape index (κ3) is 2.85. The van der Waals surface area contributed by atoms with Gasteiger partial charge in [-0.1, -0.05) is 23.7 Å². The minimum absolute atomic E-state index is 0.344. The minimum Gasteiger partial charge on any atom is -0.496 e. The Hall–Kier alpha value is -2.07. The molecule has 0 aromatic heterocycles. The third-order valence-electron chi connectivity index (χ3n) is 3.47. The molecule has 110 valence electrons. The van der Waals surface area contributed by atoms with E-state index in [0.29, 0.717) is 46.2 Å². The maximum Gasteiger partial charge on any atom is 0.147 e. The van der Waals surface area contributed by atoms with Gasteiger partial charge in [-0.2, -0.15) is 0 Å². The molecule has 2 rings (SSSR count). The lowest BCUT2D eigenvalue weighted by atomic mass is 9.90. The second-order valence-electron chi connectivity index (χ2n) is 4.64. The maximum absolute atomic E-state index is 11.1. The number of nitrogens with one attached hydrogen (secondary N) is 2. The molecule has 0 heterocycles. The van der Waals surface area contributed by atoms with Crippen LogP contribution in [-0.4, -0.2) is 26.2 Å². The van der Waals surface area contributed by atoms with Gasteiger partial charge in [-0.25, -0.2) is 0 Å². The Bertz CT molecular complexity index is 647. The molecule has 0 amide bonds. The SMILES string of the molecule is CN/C(=C1\C(=N)CCC(C=O)=C1Cl)c1ccccc1OC. The number of allylic oxidation sites excluding steroid dienone is 3. The molecule has 0 atom stereocenters. The Balaban J connectivity index is 2.72. The lowest BCUT2D eigenvalue weighted by molar-refractivity contribution is -0.105. The molecule has 0 spiro atoms. The predicted octanol–water partition coefficient (Wildman–Crippen LogP) is 3.13. The summed E-state index contributed by atoms with van der Waals surface area (Å²) in [5, 5.41) is 11.6. The molecule has 1 aromatic rings. The molecule has 0 aliphatic heterocycles. The first kappa shape index (κ1) is 15.3. The van der Waals surface area contributed by atoms with Crippen molar-refractivity contribution in [3.05, 3.63) is 46.0 Å². The molecule has 0 bridgehead atoms. The summed E-state index contributed by atoms with van der Waals surface area (Å²) in [6.07, 6.45) is 1.78. The van der Waals surface area contributed by atoms with Crippen LogP contribution in [0.4, 0.5) is 0 Å². The molecule has 1 aromatic carbocycles. The smallest absolute Gasteiger partial charge is 0.147 e. The second kappa shape index (κ2) is 6.59. The first-order valence-corrected chi connectivity index (χ1v) is 6.99. The van der Waals surface area contributed by atoms with Crippen molar-refractivity contribution in [2.24, 2.45) is 0 Å². The van der Waals surface area contributed by atoms with Crippen molar-refractivity contribution in [1.82, 2.24) is 5.32 Å². The van der Waals surface area contributed by atoms with Crippen LogP contribution in [0.15, 0.2) is 40.4 Å². The van der Waals surface area contributed by atoms with Crippen molar-refractivity contribution in [3.8, 4) is 5.75 Å². The average Bonchev–Trinajstić information content (AvgIpc) is 2.51. The Labute approximate surface area is 129 Å². The van der Waals surface area contributed by atoms with E-state index in [1.54, 1.807) is 14.2 Å². The number of methoxy groups -OCH3 is 1. The van der Waals surface area contributed by atoms with Gasteiger partial charge in [0.05, 0.1) is 17.8 Å². The number of para-hydroxylation sites is 1. The van der Waals surface area contributed by atoms with Crippen molar-refractivity contribution in [2.75, 3.05) is 14.2 Å². The van der Waals surface area contributed by atoms with Gasteiger partial charge in [0.2, 0.25) is 0 Å². The molecular weight excluding hydrogens is 288 g/mol. The number of hydrogen-bond acceptors (Lipinski definition) is 4. The van der Waals surface area contributed by atoms with Gasteiger partial charge in [0.1, 0.15) is 12.0 Å². The molecule has 0 fully saturated rings. The number of ether oxygens (including phenoxy) is 1. The molecular formula is C16H17ClN2O2. The summed E-state index contributed by atoms with van der Waals surface area (Å²) in [5.41, 5.74) is 3.03. The normalized spacial score (nSPS) is 17.6. The molecule has 2 N–H and O–H groups in total. The average molecular weight is 305 g/mol. The fraction of sp³-hybridized carbons (Fsp3) is 0.250. The van der Waals surface area contributed by atoms with Gasteiger partial charge < -0.3 is 15.5 Å². The van der Waals surface area contributed by atoms with Crippen LogP contribution in [0.2, 0.25) is 0 Å². The summed E-state index contributed by atoms with van der Waals surface area (Å²) in [6, 6.07) is 7.50. The highest BCUT2D eigenvalue weighted by molar-refractivity contribution is 6.39. The Morgan fingerprint density at radius 1 is 1.38 bits per heavy atom. The van der Waals surface area contributed by atoms with Gasteiger partial charge in [0, 0.05) is 29.5 Å². The zero-order chi connectivity index (χ0) is 15.4. The minimum atomic E-state index is 0.344. The van der Waals surface area contributed by atoms with Gasteiger partial charge in [-0.05, 0) is 25.0 Å². The molecule has 0 unspecified atom stereocenters. The van der Waals surface area contributed by atoms with Crippen LogP contribution < -0.4 is 10.1 Å².